The number of nitrogens with zero attached hydrogens (tertiary/aromatic N) is 3. The van der Waals surface area contributed by atoms with Gasteiger partial charge in [0.2, 0.25) is 5.82 Å². The van der Waals surface area contributed by atoms with E-state index in [1.54, 1.807) is 4.90 Å². The number of piperidine rings is 1. The molecule has 0 bridgehead atoms. The summed E-state index contributed by atoms with van der Waals surface area (Å²) < 4.78 is 48.3. The number of hydrogen-bond acceptors (Lipinski definition) is 5. The third-order valence-corrected chi connectivity index (χ3v) is 4.25. The van der Waals surface area contributed by atoms with Gasteiger partial charge >= 0.3 is 18.0 Å². The summed E-state index contributed by atoms with van der Waals surface area (Å²) in [4.78, 5) is 17.9. The van der Waals surface area contributed by atoms with Crippen LogP contribution in [-0.4, -0.2) is 34.0 Å². The monoisotopic (exact) mass is 369 g/mol. The van der Waals surface area contributed by atoms with E-state index >= 15 is 0 Å². The maximum Gasteiger partial charge on any atom is 0.416 e. The summed E-state index contributed by atoms with van der Waals surface area (Å²) >= 11 is 0. The molecular weight excluding hydrogens is 351 g/mol. The van der Waals surface area contributed by atoms with Crippen LogP contribution in [0.4, 0.5) is 13.2 Å². The van der Waals surface area contributed by atoms with Crippen LogP contribution in [0.5, 0.6) is 5.75 Å². The first-order chi connectivity index (χ1) is 12.3. The summed E-state index contributed by atoms with van der Waals surface area (Å²) in [6.07, 6.45) is -2.60. The highest BCUT2D eigenvalue weighted by atomic mass is 19.4. The fraction of sp³-hybridized carbons (Fsp3) is 0.471. The fourth-order valence-electron chi connectivity index (χ4n) is 2.66. The summed E-state index contributed by atoms with van der Waals surface area (Å²) in [6.45, 7) is 3.21. The molecule has 1 aromatic heterocycles. The van der Waals surface area contributed by atoms with Gasteiger partial charge < -0.3 is 14.2 Å². The van der Waals surface area contributed by atoms with Gasteiger partial charge in [-0.1, -0.05) is 18.1 Å². The lowest BCUT2D eigenvalue weighted by Gasteiger charge is -2.28. The zero-order valence-electron chi connectivity index (χ0n) is 14.1. The maximum atomic E-state index is 12.7. The lowest BCUT2D eigenvalue weighted by atomic mass is 9.99. The van der Waals surface area contributed by atoms with Crippen LogP contribution in [0.25, 0.3) is 0 Å². The molecule has 1 amide bonds. The quantitative estimate of drug-likeness (QED) is 0.825. The Morgan fingerprint density at radius 1 is 1.35 bits per heavy atom. The van der Waals surface area contributed by atoms with Crippen molar-refractivity contribution in [1.82, 2.24) is 15.0 Å². The molecule has 0 saturated carbocycles. The van der Waals surface area contributed by atoms with E-state index in [4.69, 9.17) is 9.26 Å². The van der Waals surface area contributed by atoms with Gasteiger partial charge in [0.15, 0.2) is 6.61 Å². The molecule has 9 heteroatoms. The Kier molecular flexibility index (Phi) is 5.15. The van der Waals surface area contributed by atoms with Gasteiger partial charge in [0.25, 0.3) is 0 Å². The molecule has 0 radical (unpaired) electrons. The highest BCUT2D eigenvalue weighted by molar-refractivity contribution is 5.89. The first-order valence-corrected chi connectivity index (χ1v) is 8.25. The molecule has 140 valence electrons. The fourth-order valence-corrected chi connectivity index (χ4v) is 2.66. The number of ether oxygens (including phenoxy) is 1. The van der Waals surface area contributed by atoms with E-state index in [-0.39, 0.29) is 30.0 Å². The van der Waals surface area contributed by atoms with E-state index in [2.05, 4.69) is 17.1 Å². The summed E-state index contributed by atoms with van der Waals surface area (Å²) in [5.41, 5.74) is -0.807. The van der Waals surface area contributed by atoms with Crippen LogP contribution in [0.1, 0.15) is 41.8 Å². The zero-order chi connectivity index (χ0) is 18.7. The Hall–Kier alpha value is -2.58. The minimum atomic E-state index is -4.45. The molecule has 1 fully saturated rings. The van der Waals surface area contributed by atoms with Gasteiger partial charge in [-0.05, 0) is 37.0 Å². The minimum Gasteiger partial charge on any atom is -0.485 e. The van der Waals surface area contributed by atoms with Crippen LogP contribution in [0, 0.1) is 5.92 Å². The lowest BCUT2D eigenvalue weighted by Crippen LogP contribution is -2.38. The number of carbonyl (C=O) groups excluding carboxylic acids is 1. The first-order valence-electron chi connectivity index (χ1n) is 8.25. The van der Waals surface area contributed by atoms with E-state index in [0.29, 0.717) is 19.0 Å². The van der Waals surface area contributed by atoms with Crippen molar-refractivity contribution in [2.75, 3.05) is 13.1 Å². The van der Waals surface area contributed by atoms with Gasteiger partial charge in [-0.2, -0.15) is 18.2 Å². The molecule has 3 rings (SSSR count). The summed E-state index contributed by atoms with van der Waals surface area (Å²) in [5.74, 6) is 0.230. The van der Waals surface area contributed by atoms with E-state index in [9.17, 15) is 18.0 Å². The van der Waals surface area contributed by atoms with Crippen molar-refractivity contribution in [3.05, 3.63) is 41.5 Å². The smallest absolute Gasteiger partial charge is 0.416 e. The van der Waals surface area contributed by atoms with Gasteiger partial charge in [0.1, 0.15) is 5.75 Å². The number of carbonyl (C=O) groups is 1. The zero-order valence-corrected chi connectivity index (χ0v) is 14.1. The molecule has 1 aliphatic heterocycles. The van der Waals surface area contributed by atoms with E-state index in [0.717, 1.165) is 25.0 Å². The molecule has 0 N–H and O–H groups in total. The second-order valence-corrected chi connectivity index (χ2v) is 6.30. The van der Waals surface area contributed by atoms with Gasteiger partial charge in [0.05, 0.1) is 5.56 Å². The van der Waals surface area contributed by atoms with Crippen LogP contribution >= 0.6 is 0 Å². The van der Waals surface area contributed by atoms with E-state index < -0.39 is 11.7 Å². The molecule has 1 aliphatic rings. The average Bonchev–Trinajstić information content (AvgIpc) is 3.08. The Morgan fingerprint density at radius 2 is 2.08 bits per heavy atom. The van der Waals surface area contributed by atoms with Gasteiger partial charge in [-0.15, -0.1) is 0 Å². The molecule has 2 heterocycles. The number of hydrogen-bond donors (Lipinski definition) is 0. The van der Waals surface area contributed by atoms with E-state index in [1.807, 2.05) is 0 Å². The Labute approximate surface area is 147 Å². The lowest BCUT2D eigenvalue weighted by molar-refractivity contribution is -0.137. The van der Waals surface area contributed by atoms with Crippen LogP contribution in [0.3, 0.4) is 0 Å². The SMILES string of the molecule is CC1CCN(C(=O)c2nc(COc3cccc(C(F)(F)F)c3)no2)CC1. The molecule has 0 aliphatic carbocycles. The number of halogens is 3. The summed E-state index contributed by atoms with van der Waals surface area (Å²) in [7, 11) is 0. The van der Waals surface area contributed by atoms with Crippen LogP contribution in [0.15, 0.2) is 28.8 Å². The standard InChI is InChI=1S/C17H18F3N3O3/c1-11-5-7-23(8-6-11)16(24)15-21-14(22-26-15)10-25-13-4-2-3-12(9-13)17(18,19)20/h2-4,9,11H,5-8,10H2,1H3. The van der Waals surface area contributed by atoms with Crippen LogP contribution < -0.4 is 4.74 Å². The number of likely N-dealkylation sites (tertiary alicyclic amines) is 1. The Bertz CT molecular complexity index is 768. The molecule has 1 aromatic carbocycles. The average molecular weight is 369 g/mol. The maximum absolute atomic E-state index is 12.7. The number of amides is 1. The molecular formula is C17H18F3N3O3. The third-order valence-electron chi connectivity index (χ3n) is 4.25. The molecule has 26 heavy (non-hydrogen) atoms. The highest BCUT2D eigenvalue weighted by Gasteiger charge is 2.30. The number of aromatic nitrogens is 2. The van der Waals surface area contributed by atoms with Crippen molar-refractivity contribution in [3.63, 3.8) is 0 Å². The Morgan fingerprint density at radius 3 is 2.77 bits per heavy atom. The van der Waals surface area contributed by atoms with Crippen LogP contribution in [-0.2, 0) is 12.8 Å². The van der Waals surface area contributed by atoms with Crippen LogP contribution in [0.2, 0.25) is 0 Å². The number of rotatable bonds is 4. The molecule has 0 unspecified atom stereocenters. The van der Waals surface area contributed by atoms with Crippen molar-refractivity contribution < 1.29 is 27.2 Å². The molecule has 1 saturated heterocycles. The van der Waals surface area contributed by atoms with Crippen molar-refractivity contribution >= 4 is 5.91 Å². The second kappa shape index (κ2) is 7.35. The van der Waals surface area contributed by atoms with Gasteiger partial charge in [-0.25, -0.2) is 0 Å². The van der Waals surface area contributed by atoms with Crippen molar-refractivity contribution in [2.24, 2.45) is 5.92 Å². The summed E-state index contributed by atoms with van der Waals surface area (Å²) in [6, 6.07) is 4.50. The summed E-state index contributed by atoms with van der Waals surface area (Å²) in [5, 5.41) is 3.65. The first kappa shape index (κ1) is 18.2. The van der Waals surface area contributed by atoms with Crippen molar-refractivity contribution in [2.45, 2.75) is 32.5 Å². The van der Waals surface area contributed by atoms with Gasteiger partial charge in [-0.3, -0.25) is 4.79 Å². The molecule has 2 aromatic rings. The number of alkyl halides is 3. The highest BCUT2D eigenvalue weighted by Crippen LogP contribution is 2.31. The normalized spacial score (nSPS) is 15.9. The Balaban J connectivity index is 1.60. The number of benzene rings is 1. The predicted octanol–water partition coefficient (Wildman–Crippen LogP) is 3.54. The van der Waals surface area contributed by atoms with E-state index in [1.165, 1.54) is 12.1 Å². The molecule has 6 nitrogen and oxygen atoms in total. The minimum absolute atomic E-state index is 0.0301. The van der Waals surface area contributed by atoms with Gasteiger partial charge in [0, 0.05) is 13.1 Å². The second-order valence-electron chi connectivity index (χ2n) is 6.30. The van der Waals surface area contributed by atoms with Crippen molar-refractivity contribution in [1.29, 1.82) is 0 Å². The topological polar surface area (TPSA) is 68.5 Å². The third kappa shape index (κ3) is 4.33. The molecule has 0 atom stereocenters. The predicted molar refractivity (Wildman–Crippen MR) is 84.4 cm³/mol. The largest absolute Gasteiger partial charge is 0.485 e. The molecule has 0 spiro atoms. The van der Waals surface area contributed by atoms with Crippen molar-refractivity contribution in [3.8, 4) is 5.75 Å².